The third kappa shape index (κ3) is 7.95. The molecule has 7 nitrogen and oxygen atoms in total. The molecule has 0 fully saturated rings. The van der Waals surface area contributed by atoms with Gasteiger partial charge in [0.1, 0.15) is 4.21 Å². The van der Waals surface area contributed by atoms with Gasteiger partial charge in [0.25, 0.3) is 0 Å². The first-order chi connectivity index (χ1) is 9.45. The van der Waals surface area contributed by atoms with Crippen molar-refractivity contribution in [1.82, 2.24) is 10.0 Å². The molecule has 1 aromatic rings. The topological polar surface area (TPSA) is 106 Å². The smallest absolute Gasteiger partial charge is 0.250 e. The molecule has 0 aromatic carbocycles. The fourth-order valence-corrected chi connectivity index (χ4v) is 3.49. The molecule has 0 aliphatic rings. The minimum atomic E-state index is -3.43. The molecule has 1 heterocycles. The summed E-state index contributed by atoms with van der Waals surface area (Å²) in [6.07, 6.45) is 0. The molecule has 122 valence electrons. The van der Waals surface area contributed by atoms with Gasteiger partial charge < -0.3 is 15.8 Å². The Morgan fingerprint density at radius 2 is 2.29 bits per heavy atom. The Hall–Kier alpha value is -0.430. The Labute approximate surface area is 146 Å². The van der Waals surface area contributed by atoms with Gasteiger partial charge in [0.05, 0.1) is 13.2 Å². The molecule has 0 saturated heterocycles. The zero-order valence-electron chi connectivity index (χ0n) is 11.9. The number of aliphatic imine (C=N–C) groups is 1. The lowest BCUT2D eigenvalue weighted by Crippen LogP contribution is -2.41. The van der Waals surface area contributed by atoms with Crippen LogP contribution in [-0.2, 0) is 14.8 Å². The summed E-state index contributed by atoms with van der Waals surface area (Å²) in [6.45, 7) is 2.89. The lowest BCUT2D eigenvalue weighted by atomic mass is 10.4. The third-order valence-electron chi connectivity index (χ3n) is 2.26. The van der Waals surface area contributed by atoms with Crippen molar-refractivity contribution < 1.29 is 13.2 Å². The van der Waals surface area contributed by atoms with Crippen molar-refractivity contribution in [1.29, 1.82) is 0 Å². The number of hydrogen-bond donors (Lipinski definition) is 3. The number of halogens is 1. The maximum absolute atomic E-state index is 11.8. The molecule has 0 aliphatic heterocycles. The van der Waals surface area contributed by atoms with Crippen molar-refractivity contribution in [3.05, 3.63) is 17.5 Å². The Kier molecular flexibility index (Phi) is 10.1. The van der Waals surface area contributed by atoms with Gasteiger partial charge in [-0.2, -0.15) is 0 Å². The van der Waals surface area contributed by atoms with Crippen LogP contribution in [0.15, 0.2) is 26.7 Å². The number of nitrogens with two attached hydrogens (primary N) is 1. The zero-order valence-corrected chi connectivity index (χ0v) is 15.9. The van der Waals surface area contributed by atoms with Crippen molar-refractivity contribution in [2.24, 2.45) is 10.7 Å². The highest BCUT2D eigenvalue weighted by atomic mass is 127. The quantitative estimate of drug-likeness (QED) is 0.234. The molecular formula is C11H21IN4O3S2. The monoisotopic (exact) mass is 448 g/mol. The highest BCUT2D eigenvalue weighted by Gasteiger charge is 2.13. The summed E-state index contributed by atoms with van der Waals surface area (Å²) in [7, 11) is -1.83. The van der Waals surface area contributed by atoms with Crippen LogP contribution in [0.2, 0.25) is 0 Å². The summed E-state index contributed by atoms with van der Waals surface area (Å²) in [4.78, 5) is 4.03. The molecule has 1 atom stereocenters. The van der Waals surface area contributed by atoms with Gasteiger partial charge in [-0.3, -0.25) is 4.99 Å². The van der Waals surface area contributed by atoms with Gasteiger partial charge in [-0.1, -0.05) is 6.07 Å². The second-order valence-corrected chi connectivity index (χ2v) is 7.04. The molecular weight excluding hydrogens is 427 g/mol. The lowest BCUT2D eigenvalue weighted by molar-refractivity contribution is 0.179. The summed E-state index contributed by atoms with van der Waals surface area (Å²) in [5.74, 6) is 0.268. The van der Waals surface area contributed by atoms with E-state index in [1.807, 2.05) is 6.92 Å². The van der Waals surface area contributed by atoms with Crippen LogP contribution in [0, 0.1) is 0 Å². The molecule has 1 unspecified atom stereocenters. The molecule has 0 aliphatic carbocycles. The van der Waals surface area contributed by atoms with Crippen molar-refractivity contribution in [2.75, 3.05) is 26.8 Å². The van der Waals surface area contributed by atoms with E-state index in [9.17, 15) is 8.42 Å². The average molecular weight is 448 g/mol. The van der Waals surface area contributed by atoms with Crippen LogP contribution in [-0.4, -0.2) is 47.2 Å². The first-order valence-corrected chi connectivity index (χ1v) is 8.40. The summed E-state index contributed by atoms with van der Waals surface area (Å²) < 4.78 is 31.3. The van der Waals surface area contributed by atoms with Gasteiger partial charge in [0, 0.05) is 19.7 Å². The summed E-state index contributed by atoms with van der Waals surface area (Å²) in [6, 6.07) is 3.29. The average Bonchev–Trinajstić information content (AvgIpc) is 2.89. The number of sulfonamides is 1. The molecule has 0 spiro atoms. The largest absolute Gasteiger partial charge is 0.383 e. The Balaban J connectivity index is 0.00000400. The Bertz CT molecular complexity index is 520. The lowest BCUT2D eigenvalue weighted by Gasteiger charge is -2.13. The highest BCUT2D eigenvalue weighted by molar-refractivity contribution is 14.0. The summed E-state index contributed by atoms with van der Waals surface area (Å²) >= 11 is 1.17. The molecule has 0 saturated carbocycles. The van der Waals surface area contributed by atoms with Crippen LogP contribution in [0.1, 0.15) is 6.92 Å². The normalized spacial score (nSPS) is 13.5. The van der Waals surface area contributed by atoms with E-state index in [1.54, 1.807) is 24.6 Å². The molecule has 21 heavy (non-hydrogen) atoms. The van der Waals surface area contributed by atoms with Crippen molar-refractivity contribution in [2.45, 2.75) is 17.2 Å². The predicted molar refractivity (Wildman–Crippen MR) is 95.9 cm³/mol. The highest BCUT2D eigenvalue weighted by Crippen LogP contribution is 2.14. The van der Waals surface area contributed by atoms with Crippen LogP contribution in [0.5, 0.6) is 0 Å². The minimum absolute atomic E-state index is 0. The standard InChI is InChI=1S/C11H20N4O3S2.HI/c1-9(8-18-2)15-11(12)13-5-6-14-20(16,17)10-4-3-7-19-10;/h3-4,7,9,14H,5-6,8H2,1-2H3,(H3,12,13,15);1H. The minimum Gasteiger partial charge on any atom is -0.383 e. The number of guanidine groups is 1. The first kappa shape index (κ1) is 20.6. The Morgan fingerprint density at radius 3 is 2.86 bits per heavy atom. The number of rotatable bonds is 8. The van der Waals surface area contributed by atoms with E-state index in [1.165, 1.54) is 11.3 Å². The number of thiophene rings is 1. The molecule has 10 heteroatoms. The summed E-state index contributed by atoms with van der Waals surface area (Å²) in [5, 5.41) is 4.65. The van der Waals surface area contributed by atoms with Crippen molar-refractivity contribution >= 4 is 51.3 Å². The van der Waals surface area contributed by atoms with E-state index in [4.69, 9.17) is 10.5 Å². The van der Waals surface area contributed by atoms with Gasteiger partial charge >= 0.3 is 0 Å². The second kappa shape index (κ2) is 10.3. The number of nitrogens with one attached hydrogen (secondary N) is 2. The van der Waals surface area contributed by atoms with Crippen LogP contribution in [0.4, 0.5) is 0 Å². The van der Waals surface area contributed by atoms with Gasteiger partial charge in [0.15, 0.2) is 5.96 Å². The predicted octanol–water partition coefficient (Wildman–Crippen LogP) is 0.584. The summed E-state index contributed by atoms with van der Waals surface area (Å²) in [5.41, 5.74) is 5.66. The van der Waals surface area contributed by atoms with Crippen LogP contribution < -0.4 is 15.8 Å². The molecule has 1 aromatic heterocycles. The molecule has 0 radical (unpaired) electrons. The van der Waals surface area contributed by atoms with Gasteiger partial charge in [-0.05, 0) is 18.4 Å². The fourth-order valence-electron chi connectivity index (χ4n) is 1.43. The number of nitrogens with zero attached hydrogens (tertiary/aromatic N) is 1. The van der Waals surface area contributed by atoms with E-state index in [-0.39, 0.29) is 49.1 Å². The van der Waals surface area contributed by atoms with Crippen LogP contribution >= 0.6 is 35.3 Å². The van der Waals surface area contributed by atoms with E-state index in [0.717, 1.165) is 0 Å². The maximum atomic E-state index is 11.8. The van der Waals surface area contributed by atoms with Gasteiger partial charge in [-0.15, -0.1) is 35.3 Å². The maximum Gasteiger partial charge on any atom is 0.250 e. The van der Waals surface area contributed by atoms with Gasteiger partial charge in [0.2, 0.25) is 10.0 Å². The molecule has 4 N–H and O–H groups in total. The van der Waals surface area contributed by atoms with E-state index in [0.29, 0.717) is 10.8 Å². The third-order valence-corrected chi connectivity index (χ3v) is 5.12. The second-order valence-electron chi connectivity index (χ2n) is 4.10. The van der Waals surface area contributed by atoms with E-state index in [2.05, 4.69) is 15.0 Å². The molecule has 1 rings (SSSR count). The van der Waals surface area contributed by atoms with E-state index >= 15 is 0 Å². The molecule has 0 amide bonds. The van der Waals surface area contributed by atoms with Crippen LogP contribution in [0.25, 0.3) is 0 Å². The first-order valence-electron chi connectivity index (χ1n) is 6.04. The van der Waals surface area contributed by atoms with Crippen LogP contribution in [0.3, 0.4) is 0 Å². The Morgan fingerprint density at radius 1 is 1.57 bits per heavy atom. The number of ether oxygens (including phenoxy) is 1. The number of methoxy groups -OCH3 is 1. The number of hydrogen-bond acceptors (Lipinski definition) is 5. The van der Waals surface area contributed by atoms with Crippen molar-refractivity contribution in [3.8, 4) is 0 Å². The van der Waals surface area contributed by atoms with Gasteiger partial charge in [-0.25, -0.2) is 13.1 Å². The molecule has 0 bridgehead atoms. The SMILES string of the molecule is COCC(C)NC(N)=NCCNS(=O)(=O)c1cccs1.I. The fraction of sp³-hybridized carbons (Fsp3) is 0.545. The van der Waals surface area contributed by atoms with E-state index < -0.39 is 10.0 Å². The van der Waals surface area contributed by atoms with Crippen molar-refractivity contribution in [3.63, 3.8) is 0 Å². The zero-order chi connectivity index (χ0) is 15.0.